The fourth-order valence-corrected chi connectivity index (χ4v) is 2.94. The average Bonchev–Trinajstić information content (AvgIpc) is 2.35. The summed E-state index contributed by atoms with van der Waals surface area (Å²) in [4.78, 5) is 0. The zero-order chi connectivity index (χ0) is 14.0. The Labute approximate surface area is 114 Å². The van der Waals surface area contributed by atoms with Crippen LogP contribution in [0.25, 0.3) is 6.08 Å². The van der Waals surface area contributed by atoms with Crippen LogP contribution in [0.1, 0.15) is 31.4 Å². The topological polar surface area (TPSA) is 63.6 Å². The minimum atomic E-state index is -4.39. The van der Waals surface area contributed by atoms with E-state index < -0.39 is 16.5 Å². The average molecular weight is 282 g/mol. The molecule has 1 aliphatic carbocycles. The molecule has 0 fully saturated rings. The molecule has 104 valence electrons. The summed E-state index contributed by atoms with van der Waals surface area (Å²) in [6.07, 6.45) is 3.35. The van der Waals surface area contributed by atoms with Crippen LogP contribution in [-0.2, 0) is 21.0 Å². The molecule has 0 heterocycles. The monoisotopic (exact) mass is 282 g/mol. The van der Waals surface area contributed by atoms with Gasteiger partial charge in [0.05, 0.1) is 6.10 Å². The molecule has 0 amide bonds. The van der Waals surface area contributed by atoms with Gasteiger partial charge in [-0.2, -0.15) is 8.42 Å². The highest BCUT2D eigenvalue weighted by atomic mass is 32.3. The van der Waals surface area contributed by atoms with Crippen LogP contribution in [0.15, 0.2) is 29.8 Å². The van der Waals surface area contributed by atoms with Crippen LogP contribution in [0.5, 0.6) is 0 Å². The van der Waals surface area contributed by atoms with Gasteiger partial charge in [0.2, 0.25) is 0 Å². The van der Waals surface area contributed by atoms with E-state index in [9.17, 15) is 8.42 Å². The van der Waals surface area contributed by atoms with Gasteiger partial charge in [0.15, 0.2) is 0 Å². The molecule has 4 nitrogen and oxygen atoms in total. The van der Waals surface area contributed by atoms with E-state index in [1.807, 2.05) is 19.1 Å². The van der Waals surface area contributed by atoms with E-state index >= 15 is 0 Å². The Hall–Kier alpha value is -1.17. The lowest BCUT2D eigenvalue weighted by molar-refractivity contribution is 0.160. The highest BCUT2D eigenvalue weighted by Crippen LogP contribution is 2.30. The third-order valence-electron chi connectivity index (χ3n) is 3.64. The molecule has 0 bridgehead atoms. The Kier molecular flexibility index (Phi) is 4.08. The van der Waals surface area contributed by atoms with Gasteiger partial charge in [-0.15, -0.1) is 0 Å². The number of aryl methyl sites for hydroxylation is 1. The van der Waals surface area contributed by atoms with Crippen LogP contribution in [0.3, 0.4) is 0 Å². The van der Waals surface area contributed by atoms with Crippen molar-refractivity contribution in [3.63, 3.8) is 0 Å². The minimum Gasteiger partial charge on any atom is -0.264 e. The molecular formula is C14H18O4S. The Bertz CT molecular complexity index is 589. The predicted octanol–water partition coefficient (Wildman–Crippen LogP) is 2.86. The molecule has 0 aromatic heterocycles. The minimum absolute atomic E-state index is 0.0599. The molecule has 0 radical (unpaired) electrons. The summed E-state index contributed by atoms with van der Waals surface area (Å²) in [5.41, 5.74) is 3.63. The Morgan fingerprint density at radius 1 is 1.21 bits per heavy atom. The van der Waals surface area contributed by atoms with Crippen molar-refractivity contribution >= 4 is 16.5 Å². The number of fused-ring (bicyclic) bond motifs is 1. The van der Waals surface area contributed by atoms with Crippen LogP contribution in [-0.4, -0.2) is 19.1 Å². The molecule has 0 spiro atoms. The molecule has 1 aromatic carbocycles. The fraction of sp³-hybridized carbons (Fsp3) is 0.429. The third-order valence-corrected chi connectivity index (χ3v) is 4.19. The van der Waals surface area contributed by atoms with Gasteiger partial charge in [0, 0.05) is 5.92 Å². The van der Waals surface area contributed by atoms with Crippen molar-refractivity contribution in [2.45, 2.75) is 32.8 Å². The second-order valence-corrected chi connectivity index (χ2v) is 5.98. The van der Waals surface area contributed by atoms with E-state index in [0.29, 0.717) is 0 Å². The lowest BCUT2D eigenvalue weighted by Crippen LogP contribution is -2.24. The molecule has 5 heteroatoms. The van der Waals surface area contributed by atoms with E-state index in [4.69, 9.17) is 4.55 Å². The maximum atomic E-state index is 10.7. The van der Waals surface area contributed by atoms with Crippen LogP contribution in [0.2, 0.25) is 0 Å². The molecule has 0 saturated carbocycles. The van der Waals surface area contributed by atoms with Crippen molar-refractivity contribution in [3.05, 3.63) is 41.0 Å². The van der Waals surface area contributed by atoms with Gasteiger partial charge in [0.25, 0.3) is 0 Å². The van der Waals surface area contributed by atoms with Crippen LogP contribution >= 0.6 is 0 Å². The van der Waals surface area contributed by atoms with Crippen molar-refractivity contribution < 1.29 is 17.2 Å². The predicted molar refractivity (Wildman–Crippen MR) is 74.0 cm³/mol. The van der Waals surface area contributed by atoms with Gasteiger partial charge in [-0.3, -0.25) is 4.55 Å². The van der Waals surface area contributed by atoms with Crippen molar-refractivity contribution in [2.75, 3.05) is 0 Å². The molecule has 2 atom stereocenters. The number of hydrogen-bond acceptors (Lipinski definition) is 3. The van der Waals surface area contributed by atoms with E-state index in [1.165, 1.54) is 11.1 Å². The lowest BCUT2D eigenvalue weighted by Gasteiger charge is -2.25. The fourth-order valence-electron chi connectivity index (χ4n) is 2.39. The zero-order valence-electron chi connectivity index (χ0n) is 11.0. The van der Waals surface area contributed by atoms with Gasteiger partial charge in [-0.25, -0.2) is 4.18 Å². The molecule has 0 saturated heterocycles. The summed E-state index contributed by atoms with van der Waals surface area (Å²) in [7, 11) is -4.39. The maximum absolute atomic E-state index is 10.7. The largest absolute Gasteiger partial charge is 0.397 e. The lowest BCUT2D eigenvalue weighted by atomic mass is 9.84. The van der Waals surface area contributed by atoms with Gasteiger partial charge in [-0.05, 0) is 30.9 Å². The summed E-state index contributed by atoms with van der Waals surface area (Å²) in [5, 5.41) is 0. The molecule has 2 unspecified atom stereocenters. The Morgan fingerprint density at radius 3 is 2.58 bits per heavy atom. The first kappa shape index (κ1) is 14.2. The van der Waals surface area contributed by atoms with Crippen molar-refractivity contribution in [1.29, 1.82) is 0 Å². The van der Waals surface area contributed by atoms with Gasteiger partial charge in [0.1, 0.15) is 0 Å². The maximum Gasteiger partial charge on any atom is 0.397 e. The number of benzene rings is 1. The molecule has 1 aromatic rings. The van der Waals surface area contributed by atoms with Crippen molar-refractivity contribution in [1.82, 2.24) is 0 Å². The summed E-state index contributed by atoms with van der Waals surface area (Å²) in [6, 6.07) is 8.16. The summed E-state index contributed by atoms with van der Waals surface area (Å²) < 4.78 is 34.8. The smallest absolute Gasteiger partial charge is 0.264 e. The van der Waals surface area contributed by atoms with E-state index in [2.05, 4.69) is 22.4 Å². The number of hydrogen-bond donors (Lipinski definition) is 1. The quantitative estimate of drug-likeness (QED) is 0.862. The van der Waals surface area contributed by atoms with E-state index in [0.717, 1.165) is 18.4 Å². The summed E-state index contributed by atoms with van der Waals surface area (Å²) >= 11 is 0. The molecular weight excluding hydrogens is 264 g/mol. The molecule has 19 heavy (non-hydrogen) atoms. The highest BCUT2D eigenvalue weighted by Gasteiger charge is 2.23. The first-order chi connectivity index (χ1) is 8.87. The summed E-state index contributed by atoms with van der Waals surface area (Å²) in [6.45, 7) is 3.56. The SMILES string of the molecule is CC(OS(=O)(=O)O)C(C)C1=Cc2ccccc2CC1. The van der Waals surface area contributed by atoms with Crippen LogP contribution in [0, 0.1) is 5.92 Å². The Balaban J connectivity index is 2.17. The highest BCUT2D eigenvalue weighted by molar-refractivity contribution is 7.80. The second kappa shape index (κ2) is 5.45. The molecule has 0 aliphatic heterocycles. The first-order valence-electron chi connectivity index (χ1n) is 6.31. The van der Waals surface area contributed by atoms with Crippen LogP contribution in [0.4, 0.5) is 0 Å². The molecule has 1 N–H and O–H groups in total. The first-order valence-corrected chi connectivity index (χ1v) is 7.67. The van der Waals surface area contributed by atoms with Gasteiger partial charge >= 0.3 is 10.4 Å². The van der Waals surface area contributed by atoms with E-state index in [1.54, 1.807) is 6.92 Å². The zero-order valence-corrected chi connectivity index (χ0v) is 11.9. The molecule has 2 rings (SSSR count). The van der Waals surface area contributed by atoms with Gasteiger partial charge < -0.3 is 0 Å². The normalized spacial score (nSPS) is 18.4. The number of rotatable bonds is 4. The van der Waals surface area contributed by atoms with Crippen molar-refractivity contribution in [2.24, 2.45) is 5.92 Å². The van der Waals surface area contributed by atoms with Crippen LogP contribution < -0.4 is 0 Å². The molecule has 1 aliphatic rings. The Morgan fingerprint density at radius 2 is 1.89 bits per heavy atom. The third kappa shape index (κ3) is 3.65. The second-order valence-electron chi connectivity index (χ2n) is 4.94. The summed E-state index contributed by atoms with van der Waals surface area (Å²) in [5.74, 6) is -0.0599. The van der Waals surface area contributed by atoms with Crippen molar-refractivity contribution in [3.8, 4) is 0 Å². The van der Waals surface area contributed by atoms with Gasteiger partial charge in [-0.1, -0.05) is 42.8 Å². The standard InChI is InChI=1S/C14H18O4S/c1-10(11(2)18-19(15,16)17)13-8-7-12-5-3-4-6-14(12)9-13/h3-6,9-11H,7-8H2,1-2H3,(H,15,16,17). The van der Waals surface area contributed by atoms with E-state index in [-0.39, 0.29) is 5.92 Å².